The molecule has 2 heterocycles. The Kier molecular flexibility index (Phi) is 6.29. The molecular weight excluding hydrogens is 471 g/mol. The van der Waals surface area contributed by atoms with E-state index in [1.807, 2.05) is 34.9 Å². The van der Waals surface area contributed by atoms with Gasteiger partial charge in [-0.15, -0.1) is 10.2 Å². The molecule has 4 aromatic rings. The second-order valence-corrected chi connectivity index (χ2v) is 8.02. The first-order chi connectivity index (χ1) is 14.6. The highest BCUT2D eigenvalue weighted by molar-refractivity contribution is 9.10. The van der Waals surface area contributed by atoms with E-state index in [0.29, 0.717) is 28.0 Å². The van der Waals surface area contributed by atoms with Crippen LogP contribution < -0.4 is 5.32 Å². The van der Waals surface area contributed by atoms with E-state index in [-0.39, 0.29) is 17.3 Å². The number of hydrogen-bond acceptors (Lipinski definition) is 5. The van der Waals surface area contributed by atoms with Crippen molar-refractivity contribution < 1.29 is 13.6 Å². The highest BCUT2D eigenvalue weighted by Crippen LogP contribution is 2.28. The number of thioether (sulfide) groups is 1. The van der Waals surface area contributed by atoms with Crippen molar-refractivity contribution in [3.8, 4) is 11.6 Å². The van der Waals surface area contributed by atoms with Crippen molar-refractivity contribution in [3.63, 3.8) is 0 Å². The molecule has 0 radical (unpaired) electrons. The summed E-state index contributed by atoms with van der Waals surface area (Å²) < 4.78 is 21.9. The molecule has 4 rings (SSSR count). The Labute approximate surface area is 184 Å². The minimum Gasteiger partial charge on any atom is -0.446 e. The van der Waals surface area contributed by atoms with Crippen molar-refractivity contribution in [2.45, 2.75) is 11.7 Å². The van der Waals surface area contributed by atoms with Gasteiger partial charge in [0, 0.05) is 0 Å². The lowest BCUT2D eigenvalue weighted by molar-refractivity contribution is -0.113. The maximum absolute atomic E-state index is 13.8. The first-order valence-corrected chi connectivity index (χ1v) is 10.8. The molecule has 1 amide bonds. The zero-order valence-electron chi connectivity index (χ0n) is 15.6. The predicted octanol–water partition coefficient (Wildman–Crippen LogP) is 5.22. The van der Waals surface area contributed by atoms with Crippen molar-refractivity contribution in [2.24, 2.45) is 0 Å². The molecule has 0 fully saturated rings. The first kappa shape index (κ1) is 20.4. The molecule has 1 N–H and O–H groups in total. The zero-order chi connectivity index (χ0) is 20.9. The Morgan fingerprint density at radius 1 is 1.07 bits per heavy atom. The standard InChI is InChI=1S/C21H16BrFN4O2S/c22-18-11-10-17(29-18)20-25-26-21(27(20)12-14-6-2-1-3-7-14)30-13-19(28)24-16-9-5-4-8-15(16)23/h1-11H,12-13H2,(H,24,28). The van der Waals surface area contributed by atoms with Crippen LogP contribution in [-0.2, 0) is 11.3 Å². The molecule has 0 saturated heterocycles. The second-order valence-electron chi connectivity index (χ2n) is 6.30. The largest absolute Gasteiger partial charge is 0.446 e. The lowest BCUT2D eigenvalue weighted by Crippen LogP contribution is -2.15. The van der Waals surface area contributed by atoms with Crippen LogP contribution in [0.15, 0.2) is 81.0 Å². The third-order valence-electron chi connectivity index (χ3n) is 4.17. The summed E-state index contributed by atoms with van der Waals surface area (Å²) in [5.41, 5.74) is 1.21. The molecule has 0 spiro atoms. The fourth-order valence-electron chi connectivity index (χ4n) is 2.80. The monoisotopic (exact) mass is 486 g/mol. The maximum Gasteiger partial charge on any atom is 0.234 e. The van der Waals surface area contributed by atoms with Crippen molar-refractivity contribution in [1.29, 1.82) is 0 Å². The van der Waals surface area contributed by atoms with Gasteiger partial charge in [-0.05, 0) is 45.8 Å². The van der Waals surface area contributed by atoms with Crippen molar-refractivity contribution >= 4 is 39.3 Å². The number of amides is 1. The quantitative estimate of drug-likeness (QED) is 0.362. The van der Waals surface area contributed by atoms with Gasteiger partial charge in [0.05, 0.1) is 18.0 Å². The van der Waals surface area contributed by atoms with Gasteiger partial charge < -0.3 is 9.73 Å². The molecular formula is C21H16BrFN4O2S. The number of nitrogens with zero attached hydrogens (tertiary/aromatic N) is 3. The summed E-state index contributed by atoms with van der Waals surface area (Å²) >= 11 is 4.53. The van der Waals surface area contributed by atoms with Crippen LogP contribution in [0.3, 0.4) is 0 Å². The second kappa shape index (κ2) is 9.27. The minimum atomic E-state index is -0.478. The molecule has 0 aliphatic carbocycles. The first-order valence-electron chi connectivity index (χ1n) is 9.00. The number of carbonyl (C=O) groups excluding carboxylic acids is 1. The number of nitrogens with one attached hydrogen (secondary N) is 1. The zero-order valence-corrected chi connectivity index (χ0v) is 18.0. The lowest BCUT2D eigenvalue weighted by atomic mass is 10.2. The molecule has 6 nitrogen and oxygen atoms in total. The number of hydrogen-bond donors (Lipinski definition) is 1. The van der Waals surface area contributed by atoms with Crippen molar-refractivity contribution in [1.82, 2.24) is 14.8 Å². The lowest BCUT2D eigenvalue weighted by Gasteiger charge is -2.10. The van der Waals surface area contributed by atoms with Crippen LogP contribution in [0.5, 0.6) is 0 Å². The van der Waals surface area contributed by atoms with E-state index in [4.69, 9.17) is 4.42 Å². The van der Waals surface area contributed by atoms with Crippen LogP contribution in [0.1, 0.15) is 5.56 Å². The number of benzene rings is 2. The third-order valence-corrected chi connectivity index (χ3v) is 5.57. The fourth-order valence-corrected chi connectivity index (χ4v) is 3.84. The van der Waals surface area contributed by atoms with E-state index in [1.165, 1.54) is 23.9 Å². The van der Waals surface area contributed by atoms with Crippen LogP contribution in [0.2, 0.25) is 0 Å². The normalized spacial score (nSPS) is 10.9. The van der Waals surface area contributed by atoms with Crippen LogP contribution in [0.4, 0.5) is 10.1 Å². The van der Waals surface area contributed by atoms with Gasteiger partial charge in [-0.25, -0.2) is 4.39 Å². The Morgan fingerprint density at radius 2 is 1.83 bits per heavy atom. The summed E-state index contributed by atoms with van der Waals surface area (Å²) in [6, 6.07) is 19.5. The maximum atomic E-state index is 13.8. The van der Waals surface area contributed by atoms with Crippen molar-refractivity contribution in [3.05, 3.63) is 82.8 Å². The number of halogens is 2. The molecule has 0 unspecified atom stereocenters. The van der Waals surface area contributed by atoms with Crippen LogP contribution in [0, 0.1) is 5.82 Å². The molecule has 2 aromatic carbocycles. The third kappa shape index (κ3) is 4.80. The molecule has 0 saturated carbocycles. The Bertz CT molecular complexity index is 1160. The topological polar surface area (TPSA) is 73.0 Å². The van der Waals surface area contributed by atoms with E-state index in [1.54, 1.807) is 24.3 Å². The van der Waals surface area contributed by atoms with Gasteiger partial charge in [-0.1, -0.05) is 54.2 Å². The summed E-state index contributed by atoms with van der Waals surface area (Å²) in [7, 11) is 0. The Morgan fingerprint density at radius 3 is 2.57 bits per heavy atom. The highest BCUT2D eigenvalue weighted by atomic mass is 79.9. The number of carbonyl (C=O) groups is 1. The van der Waals surface area contributed by atoms with Gasteiger partial charge >= 0.3 is 0 Å². The highest BCUT2D eigenvalue weighted by Gasteiger charge is 2.19. The Balaban J connectivity index is 1.54. The molecule has 0 bridgehead atoms. The Hall–Kier alpha value is -2.91. The van der Waals surface area contributed by atoms with E-state index in [0.717, 1.165) is 5.56 Å². The van der Waals surface area contributed by atoms with E-state index in [2.05, 4.69) is 31.4 Å². The smallest absolute Gasteiger partial charge is 0.234 e. The molecule has 0 aliphatic rings. The van der Waals surface area contributed by atoms with E-state index in [9.17, 15) is 9.18 Å². The number of anilines is 1. The SMILES string of the molecule is O=C(CSc1nnc(-c2ccc(Br)o2)n1Cc1ccccc1)Nc1ccccc1F. The summed E-state index contributed by atoms with van der Waals surface area (Å²) in [5, 5.41) is 11.6. The minimum absolute atomic E-state index is 0.0586. The number of furan rings is 1. The average Bonchev–Trinajstić information content (AvgIpc) is 3.35. The number of aromatic nitrogens is 3. The molecule has 9 heteroatoms. The number of para-hydroxylation sites is 1. The van der Waals surface area contributed by atoms with Gasteiger partial charge in [0.15, 0.2) is 15.6 Å². The molecule has 152 valence electrons. The van der Waals surface area contributed by atoms with E-state index < -0.39 is 5.82 Å². The summed E-state index contributed by atoms with van der Waals surface area (Å²) in [6.07, 6.45) is 0. The van der Waals surface area contributed by atoms with Crippen molar-refractivity contribution in [2.75, 3.05) is 11.1 Å². The van der Waals surface area contributed by atoms with Gasteiger partial charge in [0.2, 0.25) is 11.7 Å². The molecule has 30 heavy (non-hydrogen) atoms. The molecule has 0 aliphatic heterocycles. The van der Waals surface area contributed by atoms with Gasteiger partial charge in [-0.3, -0.25) is 9.36 Å². The van der Waals surface area contributed by atoms with Crippen LogP contribution >= 0.6 is 27.7 Å². The molecule has 2 aromatic heterocycles. The average molecular weight is 487 g/mol. The summed E-state index contributed by atoms with van der Waals surface area (Å²) in [6.45, 7) is 0.513. The number of rotatable bonds is 7. The molecule has 0 atom stereocenters. The van der Waals surface area contributed by atoms with Gasteiger partial charge in [0.1, 0.15) is 5.82 Å². The van der Waals surface area contributed by atoms with Crippen LogP contribution in [0.25, 0.3) is 11.6 Å². The van der Waals surface area contributed by atoms with Gasteiger partial charge in [-0.2, -0.15) is 0 Å². The predicted molar refractivity (Wildman–Crippen MR) is 117 cm³/mol. The fraction of sp³-hybridized carbons (Fsp3) is 0.0952. The van der Waals surface area contributed by atoms with Gasteiger partial charge in [0.25, 0.3) is 0 Å². The van der Waals surface area contributed by atoms with Crippen LogP contribution in [-0.4, -0.2) is 26.4 Å². The summed E-state index contributed by atoms with van der Waals surface area (Å²) in [5.74, 6) is 0.369. The summed E-state index contributed by atoms with van der Waals surface area (Å²) in [4.78, 5) is 12.3. The van der Waals surface area contributed by atoms with E-state index >= 15 is 0 Å².